The molecule has 1 aromatic heterocycles. The summed E-state index contributed by atoms with van der Waals surface area (Å²) in [4.78, 5) is 0. The average Bonchev–Trinajstić information content (AvgIpc) is 2.74. The highest BCUT2D eigenvalue weighted by Gasteiger charge is 2.18. The lowest BCUT2D eigenvalue weighted by atomic mass is 9.90. The van der Waals surface area contributed by atoms with Crippen LogP contribution >= 0.6 is 12.4 Å². The van der Waals surface area contributed by atoms with Gasteiger partial charge in [0.05, 0.1) is 6.26 Å². The summed E-state index contributed by atoms with van der Waals surface area (Å²) in [5.74, 6) is 0.676. The minimum atomic E-state index is 0. The summed E-state index contributed by atoms with van der Waals surface area (Å²) in [7, 11) is 0. The SMILES string of the molecule is Cl.c1ccc2c(C3CCNCC3)coc2c1. The molecule has 0 saturated carbocycles. The molecule has 0 amide bonds. The first-order valence-corrected chi connectivity index (χ1v) is 5.62. The predicted molar refractivity (Wildman–Crippen MR) is 68.3 cm³/mol. The van der Waals surface area contributed by atoms with E-state index in [0.717, 1.165) is 18.7 Å². The quantitative estimate of drug-likeness (QED) is 0.823. The minimum absolute atomic E-state index is 0. The number of hydrogen-bond donors (Lipinski definition) is 1. The molecule has 1 fully saturated rings. The van der Waals surface area contributed by atoms with E-state index in [1.807, 2.05) is 18.4 Å². The Balaban J connectivity index is 0.000000963. The smallest absolute Gasteiger partial charge is 0.134 e. The van der Waals surface area contributed by atoms with Crippen molar-refractivity contribution in [3.8, 4) is 0 Å². The van der Waals surface area contributed by atoms with Gasteiger partial charge in [0.25, 0.3) is 0 Å². The van der Waals surface area contributed by atoms with E-state index >= 15 is 0 Å². The van der Waals surface area contributed by atoms with Crippen LogP contribution in [-0.2, 0) is 0 Å². The van der Waals surface area contributed by atoms with Gasteiger partial charge in [0.15, 0.2) is 0 Å². The van der Waals surface area contributed by atoms with E-state index in [2.05, 4.69) is 17.4 Å². The van der Waals surface area contributed by atoms with E-state index in [1.165, 1.54) is 23.8 Å². The van der Waals surface area contributed by atoms with Crippen LogP contribution in [0.1, 0.15) is 24.3 Å². The fourth-order valence-electron chi connectivity index (χ4n) is 2.45. The second-order valence-electron chi connectivity index (χ2n) is 4.21. The molecule has 16 heavy (non-hydrogen) atoms. The van der Waals surface area contributed by atoms with Gasteiger partial charge in [0.2, 0.25) is 0 Å². The molecule has 2 aromatic rings. The molecule has 1 aliphatic rings. The van der Waals surface area contributed by atoms with E-state index in [-0.39, 0.29) is 12.4 Å². The van der Waals surface area contributed by atoms with Crippen LogP contribution in [0, 0.1) is 0 Å². The molecule has 1 saturated heterocycles. The second kappa shape index (κ2) is 4.89. The molecule has 1 aliphatic heterocycles. The van der Waals surface area contributed by atoms with Crippen molar-refractivity contribution in [1.29, 1.82) is 0 Å². The predicted octanol–water partition coefficient (Wildman–Crippen LogP) is 3.32. The molecule has 0 unspecified atom stereocenters. The van der Waals surface area contributed by atoms with E-state index in [4.69, 9.17) is 4.42 Å². The first-order valence-electron chi connectivity index (χ1n) is 5.62. The maximum absolute atomic E-state index is 5.58. The van der Waals surface area contributed by atoms with Crippen molar-refractivity contribution in [2.75, 3.05) is 13.1 Å². The third-order valence-electron chi connectivity index (χ3n) is 3.29. The number of halogens is 1. The fraction of sp³-hybridized carbons (Fsp3) is 0.385. The lowest BCUT2D eigenvalue weighted by Gasteiger charge is -2.21. The standard InChI is InChI=1S/C13H15NO.ClH/c1-2-4-13-11(3-1)12(9-15-13)10-5-7-14-8-6-10;/h1-4,9-10,14H,5-8H2;1H. The molecular formula is C13H16ClNO. The molecule has 1 aromatic carbocycles. The largest absolute Gasteiger partial charge is 0.464 e. The van der Waals surface area contributed by atoms with Gasteiger partial charge in [-0.3, -0.25) is 0 Å². The summed E-state index contributed by atoms with van der Waals surface area (Å²) in [6, 6.07) is 8.32. The molecule has 2 nitrogen and oxygen atoms in total. The Morgan fingerprint density at radius 3 is 2.69 bits per heavy atom. The monoisotopic (exact) mass is 237 g/mol. The molecule has 3 rings (SSSR count). The number of piperidine rings is 1. The Morgan fingerprint density at radius 1 is 1.12 bits per heavy atom. The lowest BCUT2D eigenvalue weighted by molar-refractivity contribution is 0.457. The zero-order valence-electron chi connectivity index (χ0n) is 9.11. The van der Waals surface area contributed by atoms with E-state index in [9.17, 15) is 0 Å². The molecule has 2 heterocycles. The number of furan rings is 1. The van der Waals surface area contributed by atoms with Crippen molar-refractivity contribution in [2.45, 2.75) is 18.8 Å². The van der Waals surface area contributed by atoms with E-state index in [1.54, 1.807) is 0 Å². The van der Waals surface area contributed by atoms with Crippen LogP contribution in [0.2, 0.25) is 0 Å². The Hall–Kier alpha value is -0.990. The summed E-state index contributed by atoms with van der Waals surface area (Å²) in [5.41, 5.74) is 2.41. The van der Waals surface area contributed by atoms with Gasteiger partial charge in [-0.05, 0) is 37.9 Å². The van der Waals surface area contributed by atoms with Gasteiger partial charge in [0.1, 0.15) is 5.58 Å². The Bertz CT molecular complexity index is 460. The maximum atomic E-state index is 5.58. The van der Waals surface area contributed by atoms with Crippen molar-refractivity contribution >= 4 is 23.4 Å². The zero-order valence-corrected chi connectivity index (χ0v) is 9.93. The van der Waals surface area contributed by atoms with E-state index in [0.29, 0.717) is 5.92 Å². The molecule has 0 radical (unpaired) electrons. The van der Waals surface area contributed by atoms with Gasteiger partial charge < -0.3 is 9.73 Å². The van der Waals surface area contributed by atoms with Crippen molar-refractivity contribution in [2.24, 2.45) is 0 Å². The molecule has 0 atom stereocenters. The molecule has 86 valence electrons. The van der Waals surface area contributed by atoms with Crippen LogP contribution < -0.4 is 5.32 Å². The van der Waals surface area contributed by atoms with Crippen molar-refractivity contribution in [3.05, 3.63) is 36.1 Å². The van der Waals surface area contributed by atoms with Gasteiger partial charge >= 0.3 is 0 Å². The van der Waals surface area contributed by atoms with Crippen LogP contribution in [0.5, 0.6) is 0 Å². The van der Waals surface area contributed by atoms with Gasteiger partial charge in [0, 0.05) is 10.9 Å². The zero-order chi connectivity index (χ0) is 10.1. The molecule has 3 heteroatoms. The average molecular weight is 238 g/mol. The first kappa shape index (κ1) is 11.5. The summed E-state index contributed by atoms with van der Waals surface area (Å²) < 4.78 is 5.58. The molecular weight excluding hydrogens is 222 g/mol. The number of benzene rings is 1. The van der Waals surface area contributed by atoms with Crippen molar-refractivity contribution in [3.63, 3.8) is 0 Å². The number of rotatable bonds is 1. The highest BCUT2D eigenvalue weighted by molar-refractivity contribution is 5.85. The summed E-state index contributed by atoms with van der Waals surface area (Å²) in [6.07, 6.45) is 4.40. The van der Waals surface area contributed by atoms with Gasteiger partial charge in [-0.2, -0.15) is 0 Å². The van der Waals surface area contributed by atoms with Gasteiger partial charge in [-0.15, -0.1) is 12.4 Å². The summed E-state index contributed by atoms with van der Waals surface area (Å²) in [6.45, 7) is 2.26. The molecule has 0 aliphatic carbocycles. The van der Waals surface area contributed by atoms with Crippen molar-refractivity contribution in [1.82, 2.24) is 5.32 Å². The number of para-hydroxylation sites is 1. The normalized spacial score (nSPS) is 17.2. The van der Waals surface area contributed by atoms with Crippen molar-refractivity contribution < 1.29 is 4.42 Å². The molecule has 0 spiro atoms. The Kier molecular flexibility index (Phi) is 3.52. The third-order valence-corrected chi connectivity index (χ3v) is 3.29. The minimum Gasteiger partial charge on any atom is -0.464 e. The second-order valence-corrected chi connectivity index (χ2v) is 4.21. The van der Waals surface area contributed by atoms with Crippen LogP contribution in [0.25, 0.3) is 11.0 Å². The lowest BCUT2D eigenvalue weighted by Crippen LogP contribution is -2.26. The highest BCUT2D eigenvalue weighted by atomic mass is 35.5. The number of fused-ring (bicyclic) bond motifs is 1. The topological polar surface area (TPSA) is 25.2 Å². The van der Waals surface area contributed by atoms with Gasteiger partial charge in [-0.1, -0.05) is 18.2 Å². The number of hydrogen-bond acceptors (Lipinski definition) is 2. The third kappa shape index (κ3) is 1.95. The van der Waals surface area contributed by atoms with Crippen LogP contribution in [-0.4, -0.2) is 13.1 Å². The van der Waals surface area contributed by atoms with Gasteiger partial charge in [-0.25, -0.2) is 0 Å². The van der Waals surface area contributed by atoms with Crippen LogP contribution in [0.15, 0.2) is 34.9 Å². The van der Waals surface area contributed by atoms with Crippen LogP contribution in [0.3, 0.4) is 0 Å². The molecule has 1 N–H and O–H groups in total. The molecule has 0 bridgehead atoms. The Morgan fingerprint density at radius 2 is 1.88 bits per heavy atom. The summed E-state index contributed by atoms with van der Waals surface area (Å²) >= 11 is 0. The fourth-order valence-corrected chi connectivity index (χ4v) is 2.45. The first-order chi connectivity index (χ1) is 7.45. The maximum Gasteiger partial charge on any atom is 0.134 e. The highest BCUT2D eigenvalue weighted by Crippen LogP contribution is 2.32. The Labute approximate surface area is 101 Å². The van der Waals surface area contributed by atoms with E-state index < -0.39 is 0 Å². The summed E-state index contributed by atoms with van der Waals surface area (Å²) in [5, 5.41) is 4.69. The number of nitrogens with one attached hydrogen (secondary N) is 1. The van der Waals surface area contributed by atoms with Crippen LogP contribution in [0.4, 0.5) is 0 Å².